The SMILES string of the molecule is CC1(C)COC([B-](C2=NC(C)(C)CO2)(C2=NC(C)(C)CO2)c2ccccc2)=N1.Cc1ccccc1.[C-]#[O+].[C-]#[O+].[C-]#[O+].[Re]. The number of aliphatic imine (C=N–C) groups is 3. The average Bonchev–Trinajstić information content (AvgIpc) is 3.65. The molecule has 0 unspecified atom stereocenters. The minimum absolute atomic E-state index is 0. The molecular weight excluding hydrogens is 707 g/mol. The van der Waals surface area contributed by atoms with Gasteiger partial charge in [-0.05, 0) is 48.5 Å². The van der Waals surface area contributed by atoms with E-state index in [-0.39, 0.29) is 37.0 Å². The number of hydrogen-bond donors (Lipinski definition) is 0. The molecule has 0 fully saturated rings. The molecule has 5 rings (SSSR count). The minimum atomic E-state index is -1.93. The summed E-state index contributed by atoms with van der Waals surface area (Å²) in [6.45, 7) is 29.5. The zero-order valence-corrected chi connectivity index (χ0v) is 27.9. The first kappa shape index (κ1) is 38.8. The van der Waals surface area contributed by atoms with Crippen LogP contribution in [0.3, 0.4) is 0 Å². The summed E-state index contributed by atoms with van der Waals surface area (Å²) in [4.78, 5) is 14.9. The van der Waals surface area contributed by atoms with E-state index in [4.69, 9.17) is 43.1 Å². The summed E-state index contributed by atoms with van der Waals surface area (Å²) < 4.78 is 41.1. The first-order valence-corrected chi connectivity index (χ1v) is 13.0. The fourth-order valence-corrected chi connectivity index (χ4v) is 4.53. The summed E-state index contributed by atoms with van der Waals surface area (Å²) in [6, 6.07) is 20.4. The van der Waals surface area contributed by atoms with Gasteiger partial charge in [0.1, 0.15) is 19.8 Å². The van der Waals surface area contributed by atoms with Gasteiger partial charge in [0, 0.05) is 37.8 Å². The van der Waals surface area contributed by atoms with E-state index in [9.17, 15) is 0 Å². The summed E-state index contributed by atoms with van der Waals surface area (Å²) in [7, 11) is 0. The molecule has 0 bridgehead atoms. The monoisotopic (exact) mass is 745 g/mol. The van der Waals surface area contributed by atoms with Crippen LogP contribution in [-0.2, 0) is 48.6 Å². The van der Waals surface area contributed by atoms with Crippen LogP contribution in [0.1, 0.15) is 47.1 Å². The molecule has 3 aliphatic heterocycles. The molecule has 223 valence electrons. The Bertz CT molecular complexity index is 1190. The number of rotatable bonds is 4. The molecule has 0 spiro atoms. The van der Waals surface area contributed by atoms with Gasteiger partial charge >= 0.3 is 33.9 Å². The smallest absolute Gasteiger partial charge is 0 e. The Morgan fingerprint density at radius 2 is 0.857 bits per heavy atom. The summed E-state index contributed by atoms with van der Waals surface area (Å²) >= 11 is 0. The number of hydrogen-bond acceptors (Lipinski definition) is 6. The van der Waals surface area contributed by atoms with Gasteiger partial charge < -0.3 is 14.2 Å². The quantitative estimate of drug-likeness (QED) is 0.261. The molecule has 3 heterocycles. The Morgan fingerprint density at radius 3 is 1.07 bits per heavy atom. The molecule has 2 aromatic rings. The van der Waals surface area contributed by atoms with Crippen LogP contribution in [0.5, 0.6) is 0 Å². The van der Waals surface area contributed by atoms with Crippen molar-refractivity contribution in [1.82, 2.24) is 0 Å². The number of ether oxygens (including phenoxy) is 3. The molecule has 0 atom stereocenters. The Hall–Kier alpha value is -3.20. The molecule has 0 saturated heterocycles. The maximum atomic E-state index is 7.50. The van der Waals surface area contributed by atoms with E-state index in [2.05, 4.69) is 92.7 Å². The van der Waals surface area contributed by atoms with Gasteiger partial charge in [0.15, 0.2) is 0 Å². The standard InChI is InChI=1S/C21H29BN3O3.C7H8.3CO.Re/c1-19(2)12-26-16(23-19)22(15-10-8-7-9-11-15,17-24-20(3,4)13-27-17)18-25-21(5,6)14-28-18;1-7-5-3-2-4-6-7;3*1-2;/h7-11H,12-14H2,1-6H3;2-6H,1H3;;;;/q-1;;;;;. The van der Waals surface area contributed by atoms with E-state index >= 15 is 0 Å². The van der Waals surface area contributed by atoms with E-state index in [1.165, 1.54) is 5.56 Å². The molecule has 0 aromatic heterocycles. The van der Waals surface area contributed by atoms with Crippen molar-refractivity contribution in [3.63, 3.8) is 0 Å². The van der Waals surface area contributed by atoms with Crippen LogP contribution in [0.4, 0.5) is 0 Å². The molecule has 42 heavy (non-hydrogen) atoms. The fraction of sp³-hybridized carbons (Fsp3) is 0.419. The Kier molecular flexibility index (Phi) is 15.7. The van der Waals surface area contributed by atoms with Crippen LogP contribution in [0.15, 0.2) is 75.6 Å². The second-order valence-electron chi connectivity index (χ2n) is 11.6. The molecule has 11 heteroatoms. The zero-order valence-electron chi connectivity index (χ0n) is 25.1. The fourth-order valence-electron chi connectivity index (χ4n) is 4.53. The maximum absolute atomic E-state index is 7.50. The number of nitrogens with zero attached hydrogens (tertiary/aromatic N) is 3. The van der Waals surface area contributed by atoms with Gasteiger partial charge in [-0.3, -0.25) is 15.0 Å². The third-order valence-corrected chi connectivity index (χ3v) is 6.31. The van der Waals surface area contributed by atoms with Crippen molar-refractivity contribution >= 4 is 29.0 Å². The third kappa shape index (κ3) is 9.68. The summed E-state index contributed by atoms with van der Waals surface area (Å²) in [5.41, 5.74) is 1.36. The van der Waals surface area contributed by atoms with Crippen LogP contribution in [0.25, 0.3) is 0 Å². The Morgan fingerprint density at radius 1 is 0.571 bits per heavy atom. The third-order valence-electron chi connectivity index (χ3n) is 6.31. The largest absolute Gasteiger partial charge is 0 e. The molecule has 9 nitrogen and oxygen atoms in total. The molecule has 1 radical (unpaired) electrons. The predicted molar refractivity (Wildman–Crippen MR) is 157 cm³/mol. The van der Waals surface area contributed by atoms with Crippen molar-refractivity contribution < 1.29 is 48.6 Å². The van der Waals surface area contributed by atoms with Gasteiger partial charge in [-0.1, -0.05) is 66.2 Å². The normalized spacial score (nSPS) is 18.0. The van der Waals surface area contributed by atoms with Crippen molar-refractivity contribution in [2.45, 2.75) is 65.1 Å². The van der Waals surface area contributed by atoms with Gasteiger partial charge in [0.05, 0.1) is 16.6 Å². The van der Waals surface area contributed by atoms with Gasteiger partial charge in [-0.2, -0.15) is 5.46 Å². The summed E-state index contributed by atoms with van der Waals surface area (Å²) in [6.07, 6.45) is -1.93. The van der Waals surface area contributed by atoms with E-state index in [1.54, 1.807) is 0 Å². The molecule has 0 N–H and O–H groups in total. The first-order chi connectivity index (χ1) is 19.4. The molecule has 2 aromatic carbocycles. The molecule has 0 aliphatic carbocycles. The molecule has 0 saturated carbocycles. The second kappa shape index (κ2) is 17.0. The predicted octanol–water partition coefficient (Wildman–Crippen LogP) is 4.46. The van der Waals surface area contributed by atoms with Crippen LogP contribution >= 0.6 is 0 Å². The van der Waals surface area contributed by atoms with Gasteiger partial charge in [0.2, 0.25) is 0 Å². The van der Waals surface area contributed by atoms with Crippen molar-refractivity contribution in [2.75, 3.05) is 19.8 Å². The maximum Gasteiger partial charge on any atom is 0 e. The zero-order chi connectivity index (χ0) is 31.3. The van der Waals surface area contributed by atoms with Crippen molar-refractivity contribution in [3.8, 4) is 0 Å². The molecule has 0 amide bonds. The van der Waals surface area contributed by atoms with E-state index < -0.39 is 6.15 Å². The van der Waals surface area contributed by atoms with Crippen molar-refractivity contribution in [3.05, 3.63) is 86.2 Å². The first-order valence-electron chi connectivity index (χ1n) is 13.0. The molecular formula is C31H37BN3O6Re-. The number of aryl methyl sites for hydroxylation is 1. The van der Waals surface area contributed by atoms with E-state index in [0.717, 1.165) is 5.46 Å². The van der Waals surface area contributed by atoms with Gasteiger partial charge in [0.25, 0.3) is 6.15 Å². The second-order valence-corrected chi connectivity index (χ2v) is 11.6. The van der Waals surface area contributed by atoms with Crippen LogP contribution in [0.2, 0.25) is 0 Å². The number of benzene rings is 2. The van der Waals surface area contributed by atoms with Gasteiger partial charge in [-0.15, -0.1) is 0 Å². The Labute approximate surface area is 263 Å². The Balaban J connectivity index is 0.00000102. The summed E-state index contributed by atoms with van der Waals surface area (Å²) in [5.74, 6) is 1.80. The molecule has 3 aliphatic rings. The van der Waals surface area contributed by atoms with Crippen molar-refractivity contribution in [1.29, 1.82) is 0 Å². The van der Waals surface area contributed by atoms with Crippen LogP contribution < -0.4 is 5.46 Å². The van der Waals surface area contributed by atoms with E-state index in [0.29, 0.717) is 37.2 Å². The average molecular weight is 745 g/mol. The van der Waals surface area contributed by atoms with E-state index in [1.807, 2.05) is 36.4 Å². The summed E-state index contributed by atoms with van der Waals surface area (Å²) in [5, 5.41) is 0. The van der Waals surface area contributed by atoms with Crippen molar-refractivity contribution in [2.24, 2.45) is 15.0 Å². The topological polar surface area (TPSA) is 124 Å². The van der Waals surface area contributed by atoms with Gasteiger partial charge in [-0.25, -0.2) is 0 Å². The van der Waals surface area contributed by atoms with Crippen LogP contribution in [0, 0.1) is 26.9 Å². The minimum Gasteiger partial charge on any atom is 0 e. The van der Waals surface area contributed by atoms with Crippen LogP contribution in [-0.4, -0.2) is 60.0 Å².